The highest BCUT2D eigenvalue weighted by Crippen LogP contribution is 2.17. The first-order valence-corrected chi connectivity index (χ1v) is 8.28. The lowest BCUT2D eigenvalue weighted by Gasteiger charge is -2.25. The molecule has 0 saturated carbocycles. The lowest BCUT2D eigenvalue weighted by Crippen LogP contribution is -2.32. The van der Waals surface area contributed by atoms with Crippen molar-refractivity contribution in [3.63, 3.8) is 0 Å². The number of nitrogens with zero attached hydrogens (tertiary/aromatic N) is 5. The summed E-state index contributed by atoms with van der Waals surface area (Å²) in [6.45, 7) is 5.02. The second-order valence-electron chi connectivity index (χ2n) is 4.93. The Hall–Kier alpha value is -1.24. The summed E-state index contributed by atoms with van der Waals surface area (Å²) in [6.07, 6.45) is 3.24. The van der Waals surface area contributed by atoms with Gasteiger partial charge in [0.15, 0.2) is 0 Å². The molecule has 1 atom stereocenters. The van der Waals surface area contributed by atoms with Crippen molar-refractivity contribution in [1.82, 2.24) is 15.0 Å². The summed E-state index contributed by atoms with van der Waals surface area (Å²) in [5, 5.41) is 3.16. The molecule has 1 unspecified atom stereocenters. The van der Waals surface area contributed by atoms with Crippen LogP contribution in [0.5, 0.6) is 0 Å². The summed E-state index contributed by atoms with van der Waals surface area (Å²) >= 11 is 1.86. The van der Waals surface area contributed by atoms with Gasteiger partial charge in [-0.15, -0.1) is 0 Å². The van der Waals surface area contributed by atoms with Crippen LogP contribution in [-0.4, -0.2) is 60.7 Å². The molecular weight excluding hydrogens is 272 g/mol. The Morgan fingerprint density at radius 3 is 2.35 bits per heavy atom. The molecule has 1 heterocycles. The van der Waals surface area contributed by atoms with Crippen LogP contribution in [0.3, 0.4) is 0 Å². The zero-order chi connectivity index (χ0) is 15.1. The monoisotopic (exact) mass is 298 g/mol. The maximum atomic E-state index is 4.53. The van der Waals surface area contributed by atoms with E-state index in [-0.39, 0.29) is 0 Å². The van der Waals surface area contributed by atoms with Gasteiger partial charge in [-0.3, -0.25) is 0 Å². The molecule has 0 aliphatic carbocycles. The normalized spacial score (nSPS) is 12.1. The highest BCUT2D eigenvalue weighted by molar-refractivity contribution is 7.98. The molecule has 0 aromatic carbocycles. The molecule has 6 nitrogen and oxygen atoms in total. The van der Waals surface area contributed by atoms with Crippen molar-refractivity contribution >= 4 is 29.6 Å². The number of hydrogen-bond acceptors (Lipinski definition) is 7. The molecule has 0 bridgehead atoms. The number of hydrogen-bond donors (Lipinski definition) is 1. The molecule has 1 N–H and O–H groups in total. The number of thioether (sulfide) groups is 1. The van der Waals surface area contributed by atoms with Crippen LogP contribution in [0.4, 0.5) is 17.8 Å². The number of anilines is 3. The van der Waals surface area contributed by atoms with Crippen molar-refractivity contribution in [1.29, 1.82) is 0 Å². The van der Waals surface area contributed by atoms with Gasteiger partial charge in [-0.25, -0.2) is 0 Å². The van der Waals surface area contributed by atoms with Crippen molar-refractivity contribution in [2.24, 2.45) is 0 Å². The van der Waals surface area contributed by atoms with Crippen molar-refractivity contribution in [3.8, 4) is 0 Å². The van der Waals surface area contributed by atoms with Gasteiger partial charge in [0.1, 0.15) is 0 Å². The predicted molar refractivity (Wildman–Crippen MR) is 89.2 cm³/mol. The lowest BCUT2D eigenvalue weighted by molar-refractivity contribution is 0.651. The minimum atomic E-state index is 0.398. The van der Waals surface area contributed by atoms with E-state index in [0.717, 1.165) is 18.7 Å². The van der Waals surface area contributed by atoms with Gasteiger partial charge in [0.25, 0.3) is 0 Å². The smallest absolute Gasteiger partial charge is 0.231 e. The first-order valence-electron chi connectivity index (χ1n) is 6.88. The Balaban J connectivity index is 2.96. The Bertz CT molecular complexity index is 412. The number of rotatable bonds is 8. The van der Waals surface area contributed by atoms with E-state index in [1.807, 2.05) is 44.7 Å². The van der Waals surface area contributed by atoms with Crippen molar-refractivity contribution in [2.75, 3.05) is 54.8 Å². The molecule has 7 heteroatoms. The fraction of sp³-hybridized carbons (Fsp3) is 0.769. The quantitative estimate of drug-likeness (QED) is 0.787. The van der Waals surface area contributed by atoms with Crippen LogP contribution in [0.1, 0.15) is 20.3 Å². The van der Waals surface area contributed by atoms with E-state index in [1.54, 1.807) is 0 Å². The minimum absolute atomic E-state index is 0.398. The topological polar surface area (TPSA) is 57.2 Å². The third-order valence-corrected chi connectivity index (χ3v) is 3.71. The molecular formula is C13H26N6S. The van der Waals surface area contributed by atoms with Gasteiger partial charge >= 0.3 is 0 Å². The highest BCUT2D eigenvalue weighted by atomic mass is 32.2. The Kier molecular flexibility index (Phi) is 6.84. The van der Waals surface area contributed by atoms with Crippen LogP contribution < -0.4 is 15.1 Å². The molecule has 0 radical (unpaired) electrons. The maximum Gasteiger partial charge on any atom is 0.231 e. The van der Waals surface area contributed by atoms with E-state index >= 15 is 0 Å². The third-order valence-electron chi connectivity index (χ3n) is 3.06. The SMILES string of the molecule is CCNc1nc(N(C)C)nc(N(C)C(C)CCSC)n1. The highest BCUT2D eigenvalue weighted by Gasteiger charge is 2.15. The average Bonchev–Trinajstić information content (AvgIpc) is 2.43. The van der Waals surface area contributed by atoms with Gasteiger partial charge < -0.3 is 15.1 Å². The average molecular weight is 298 g/mol. The van der Waals surface area contributed by atoms with Crippen molar-refractivity contribution in [3.05, 3.63) is 0 Å². The van der Waals surface area contributed by atoms with E-state index in [4.69, 9.17) is 0 Å². The molecule has 0 amide bonds. The summed E-state index contributed by atoms with van der Waals surface area (Å²) in [6, 6.07) is 0.398. The first-order chi connectivity index (χ1) is 9.49. The van der Waals surface area contributed by atoms with E-state index in [9.17, 15) is 0 Å². The second-order valence-corrected chi connectivity index (χ2v) is 5.91. The van der Waals surface area contributed by atoms with Crippen molar-refractivity contribution < 1.29 is 0 Å². The summed E-state index contributed by atoms with van der Waals surface area (Å²) < 4.78 is 0. The standard InChI is InChI=1S/C13H26N6S/c1-7-14-11-15-12(18(3)4)17-13(16-11)19(5)10(2)8-9-20-6/h10H,7-9H2,1-6H3,(H,14,15,16,17). The van der Waals surface area contributed by atoms with Crippen LogP contribution in [-0.2, 0) is 0 Å². The van der Waals surface area contributed by atoms with E-state index < -0.39 is 0 Å². The molecule has 0 fully saturated rings. The summed E-state index contributed by atoms with van der Waals surface area (Å²) in [5.41, 5.74) is 0. The van der Waals surface area contributed by atoms with Crippen LogP contribution in [0.25, 0.3) is 0 Å². The largest absolute Gasteiger partial charge is 0.354 e. The molecule has 1 aromatic rings. The number of nitrogens with one attached hydrogen (secondary N) is 1. The van der Waals surface area contributed by atoms with E-state index in [1.165, 1.54) is 0 Å². The van der Waals surface area contributed by atoms with Gasteiger partial charge in [-0.05, 0) is 32.3 Å². The Morgan fingerprint density at radius 2 is 1.80 bits per heavy atom. The van der Waals surface area contributed by atoms with Crippen LogP contribution in [0, 0.1) is 0 Å². The van der Waals surface area contributed by atoms with Gasteiger partial charge in [0, 0.05) is 33.7 Å². The first kappa shape index (κ1) is 16.8. The fourth-order valence-electron chi connectivity index (χ4n) is 1.63. The molecule has 0 spiro atoms. The number of aromatic nitrogens is 3. The predicted octanol–water partition coefficient (Wildman–Crippen LogP) is 1.95. The zero-order valence-electron chi connectivity index (χ0n) is 13.3. The second kappa shape index (κ2) is 8.14. The van der Waals surface area contributed by atoms with Crippen LogP contribution in [0.15, 0.2) is 0 Å². The van der Waals surface area contributed by atoms with E-state index in [0.29, 0.717) is 23.9 Å². The third kappa shape index (κ3) is 4.70. The lowest BCUT2D eigenvalue weighted by atomic mass is 10.2. The van der Waals surface area contributed by atoms with E-state index in [2.05, 4.69) is 38.3 Å². The molecule has 0 aliphatic rings. The van der Waals surface area contributed by atoms with Gasteiger partial charge in [-0.2, -0.15) is 26.7 Å². The summed E-state index contributed by atoms with van der Waals surface area (Å²) in [7, 11) is 5.91. The summed E-state index contributed by atoms with van der Waals surface area (Å²) in [4.78, 5) is 17.4. The fourth-order valence-corrected chi connectivity index (χ4v) is 2.20. The van der Waals surface area contributed by atoms with Crippen LogP contribution in [0.2, 0.25) is 0 Å². The van der Waals surface area contributed by atoms with Gasteiger partial charge in [-0.1, -0.05) is 0 Å². The minimum Gasteiger partial charge on any atom is -0.354 e. The maximum absolute atomic E-state index is 4.53. The Morgan fingerprint density at radius 1 is 1.15 bits per heavy atom. The molecule has 1 aromatic heterocycles. The zero-order valence-corrected chi connectivity index (χ0v) is 14.2. The molecule has 114 valence electrons. The van der Waals surface area contributed by atoms with Crippen molar-refractivity contribution in [2.45, 2.75) is 26.3 Å². The van der Waals surface area contributed by atoms with Gasteiger partial charge in [0.2, 0.25) is 17.8 Å². The van der Waals surface area contributed by atoms with Gasteiger partial charge in [0.05, 0.1) is 0 Å². The molecule has 0 aliphatic heterocycles. The Labute approximate surface area is 126 Å². The molecule has 0 saturated heterocycles. The summed E-state index contributed by atoms with van der Waals surface area (Å²) in [5.74, 6) is 3.16. The molecule has 20 heavy (non-hydrogen) atoms. The van der Waals surface area contributed by atoms with Crippen LogP contribution >= 0.6 is 11.8 Å². The molecule has 1 rings (SSSR count).